The lowest BCUT2D eigenvalue weighted by molar-refractivity contribution is 0.0533. The van der Waals surface area contributed by atoms with Crippen LogP contribution in [-0.4, -0.2) is 30.8 Å². The highest BCUT2D eigenvalue weighted by molar-refractivity contribution is 5.06. The van der Waals surface area contributed by atoms with Gasteiger partial charge in [0.25, 0.3) is 0 Å². The minimum Gasteiger partial charge on any atom is -0.446 e. The summed E-state index contributed by atoms with van der Waals surface area (Å²) in [6.07, 6.45) is 1.45. The van der Waals surface area contributed by atoms with Crippen molar-refractivity contribution in [3.05, 3.63) is 17.8 Å². The van der Waals surface area contributed by atoms with Gasteiger partial charge in [-0.05, 0) is 20.8 Å². The van der Waals surface area contributed by atoms with E-state index >= 15 is 0 Å². The van der Waals surface area contributed by atoms with E-state index in [1.165, 1.54) is 6.39 Å². The van der Waals surface area contributed by atoms with E-state index in [0.717, 1.165) is 11.5 Å². The van der Waals surface area contributed by atoms with Crippen LogP contribution in [0.3, 0.4) is 0 Å². The second kappa shape index (κ2) is 6.74. The maximum Gasteiger partial charge on any atom is 0.181 e. The molecule has 0 radical (unpaired) electrons. The summed E-state index contributed by atoms with van der Waals surface area (Å²) in [6.45, 7) is 8.60. The van der Waals surface area contributed by atoms with E-state index in [1.807, 2.05) is 0 Å². The van der Waals surface area contributed by atoms with Crippen LogP contribution in [0, 0.1) is 0 Å². The fraction of sp³-hybridized carbons (Fsp3) is 0.750. The Hall–Kier alpha value is -0.910. The SMILES string of the molecule is COCCOCc1ocnc1CNC(C)(C)C. The second-order valence-electron chi connectivity index (χ2n) is 4.87. The van der Waals surface area contributed by atoms with Gasteiger partial charge in [-0.3, -0.25) is 0 Å². The Balaban J connectivity index is 2.37. The van der Waals surface area contributed by atoms with Gasteiger partial charge in [0.05, 0.1) is 18.9 Å². The smallest absolute Gasteiger partial charge is 0.181 e. The lowest BCUT2D eigenvalue weighted by Gasteiger charge is -2.19. The largest absolute Gasteiger partial charge is 0.446 e. The van der Waals surface area contributed by atoms with E-state index < -0.39 is 0 Å². The van der Waals surface area contributed by atoms with E-state index in [4.69, 9.17) is 13.9 Å². The van der Waals surface area contributed by atoms with Crippen LogP contribution in [0.1, 0.15) is 32.2 Å². The molecule has 0 fully saturated rings. The van der Waals surface area contributed by atoms with Crippen LogP contribution in [0.25, 0.3) is 0 Å². The van der Waals surface area contributed by atoms with Gasteiger partial charge in [-0.25, -0.2) is 4.98 Å². The third-order valence-corrected chi connectivity index (χ3v) is 2.18. The Morgan fingerprint density at radius 2 is 2.12 bits per heavy atom. The predicted octanol–water partition coefficient (Wildman–Crippen LogP) is 1.73. The minimum absolute atomic E-state index is 0.0626. The molecule has 0 aromatic carbocycles. The van der Waals surface area contributed by atoms with Crippen molar-refractivity contribution < 1.29 is 13.9 Å². The van der Waals surface area contributed by atoms with Crippen molar-refractivity contribution in [2.45, 2.75) is 39.5 Å². The number of oxazole rings is 1. The number of ether oxygens (including phenoxy) is 2. The molecule has 1 aromatic rings. The van der Waals surface area contributed by atoms with E-state index in [-0.39, 0.29) is 5.54 Å². The normalized spacial score (nSPS) is 12.0. The third kappa shape index (κ3) is 5.81. The van der Waals surface area contributed by atoms with Gasteiger partial charge in [0.15, 0.2) is 12.2 Å². The average Bonchev–Trinajstić information content (AvgIpc) is 2.68. The van der Waals surface area contributed by atoms with Gasteiger partial charge >= 0.3 is 0 Å². The number of nitrogens with one attached hydrogen (secondary N) is 1. The molecule has 0 spiro atoms. The van der Waals surface area contributed by atoms with Crippen molar-refractivity contribution in [2.24, 2.45) is 0 Å². The van der Waals surface area contributed by atoms with Crippen molar-refractivity contribution in [1.82, 2.24) is 10.3 Å². The van der Waals surface area contributed by atoms with Gasteiger partial charge in [0, 0.05) is 19.2 Å². The first-order chi connectivity index (χ1) is 8.03. The maximum atomic E-state index is 5.40. The molecule has 17 heavy (non-hydrogen) atoms. The summed E-state index contributed by atoms with van der Waals surface area (Å²) in [5, 5.41) is 3.36. The molecular formula is C12H22N2O3. The van der Waals surface area contributed by atoms with Crippen LogP contribution in [0.4, 0.5) is 0 Å². The van der Waals surface area contributed by atoms with Gasteiger partial charge in [-0.1, -0.05) is 0 Å². The maximum absolute atomic E-state index is 5.40. The Kier molecular flexibility index (Phi) is 5.61. The molecular weight excluding hydrogens is 220 g/mol. The first kappa shape index (κ1) is 14.2. The summed E-state index contributed by atoms with van der Waals surface area (Å²) < 4.78 is 15.6. The molecule has 0 aliphatic rings. The zero-order valence-corrected chi connectivity index (χ0v) is 11.1. The summed E-state index contributed by atoms with van der Waals surface area (Å²) in [6, 6.07) is 0. The molecule has 0 atom stereocenters. The van der Waals surface area contributed by atoms with Gasteiger partial charge in [-0.15, -0.1) is 0 Å². The van der Waals surface area contributed by atoms with Crippen molar-refractivity contribution in [3.8, 4) is 0 Å². The minimum atomic E-state index is 0.0626. The van der Waals surface area contributed by atoms with Crippen LogP contribution >= 0.6 is 0 Å². The monoisotopic (exact) mass is 242 g/mol. The van der Waals surface area contributed by atoms with Gasteiger partial charge in [0.2, 0.25) is 0 Å². The second-order valence-corrected chi connectivity index (χ2v) is 4.87. The highest BCUT2D eigenvalue weighted by atomic mass is 16.5. The molecule has 5 nitrogen and oxygen atoms in total. The van der Waals surface area contributed by atoms with Crippen molar-refractivity contribution in [1.29, 1.82) is 0 Å². The topological polar surface area (TPSA) is 56.5 Å². The number of nitrogens with zero attached hydrogens (tertiary/aromatic N) is 1. The Morgan fingerprint density at radius 1 is 1.35 bits per heavy atom. The Labute approximate surface area is 103 Å². The fourth-order valence-corrected chi connectivity index (χ4v) is 1.21. The zero-order chi connectivity index (χ0) is 12.7. The Bertz CT molecular complexity index is 318. The van der Waals surface area contributed by atoms with E-state index in [2.05, 4.69) is 31.1 Å². The fourth-order valence-electron chi connectivity index (χ4n) is 1.21. The van der Waals surface area contributed by atoms with Crippen LogP contribution in [-0.2, 0) is 22.6 Å². The summed E-state index contributed by atoms with van der Waals surface area (Å²) in [7, 11) is 1.65. The summed E-state index contributed by atoms with van der Waals surface area (Å²) in [5.41, 5.74) is 0.963. The van der Waals surface area contributed by atoms with E-state index in [1.54, 1.807) is 7.11 Å². The molecule has 1 heterocycles. The van der Waals surface area contributed by atoms with E-state index in [9.17, 15) is 0 Å². The zero-order valence-electron chi connectivity index (χ0n) is 11.1. The number of hydrogen-bond acceptors (Lipinski definition) is 5. The summed E-state index contributed by atoms with van der Waals surface area (Å²) in [4.78, 5) is 4.18. The van der Waals surface area contributed by atoms with Crippen LogP contribution in [0.15, 0.2) is 10.8 Å². The quantitative estimate of drug-likeness (QED) is 0.738. The summed E-state index contributed by atoms with van der Waals surface area (Å²) >= 11 is 0. The highest BCUT2D eigenvalue weighted by Gasteiger charge is 2.13. The first-order valence-electron chi connectivity index (χ1n) is 5.76. The molecule has 0 bridgehead atoms. The lowest BCUT2D eigenvalue weighted by Crippen LogP contribution is -2.35. The molecule has 1 rings (SSSR count). The molecule has 0 unspecified atom stereocenters. The molecule has 0 aliphatic carbocycles. The van der Waals surface area contributed by atoms with E-state index in [0.29, 0.717) is 26.4 Å². The molecule has 1 N–H and O–H groups in total. The Morgan fingerprint density at radius 3 is 2.76 bits per heavy atom. The van der Waals surface area contributed by atoms with Crippen LogP contribution in [0.5, 0.6) is 0 Å². The van der Waals surface area contributed by atoms with Crippen molar-refractivity contribution in [2.75, 3.05) is 20.3 Å². The van der Waals surface area contributed by atoms with Crippen molar-refractivity contribution in [3.63, 3.8) is 0 Å². The van der Waals surface area contributed by atoms with Crippen LogP contribution < -0.4 is 5.32 Å². The van der Waals surface area contributed by atoms with Gasteiger partial charge in [-0.2, -0.15) is 0 Å². The summed E-state index contributed by atoms with van der Waals surface area (Å²) in [5.74, 6) is 0.776. The first-order valence-corrected chi connectivity index (χ1v) is 5.76. The molecule has 0 saturated carbocycles. The average molecular weight is 242 g/mol. The molecule has 0 aliphatic heterocycles. The van der Waals surface area contributed by atoms with Crippen molar-refractivity contribution >= 4 is 0 Å². The third-order valence-electron chi connectivity index (χ3n) is 2.18. The van der Waals surface area contributed by atoms with Gasteiger partial charge < -0.3 is 19.2 Å². The van der Waals surface area contributed by atoms with Crippen LogP contribution in [0.2, 0.25) is 0 Å². The number of hydrogen-bond donors (Lipinski definition) is 1. The molecule has 1 aromatic heterocycles. The molecule has 98 valence electrons. The highest BCUT2D eigenvalue weighted by Crippen LogP contribution is 2.10. The number of aromatic nitrogens is 1. The number of methoxy groups -OCH3 is 1. The number of rotatable bonds is 7. The molecule has 5 heteroatoms. The standard InChI is InChI=1S/C12H22N2O3/c1-12(2,3)14-7-10-11(17-9-13-10)8-16-6-5-15-4/h9,14H,5-8H2,1-4H3. The molecule has 0 amide bonds. The van der Waals surface area contributed by atoms with Gasteiger partial charge in [0.1, 0.15) is 6.61 Å². The lowest BCUT2D eigenvalue weighted by atomic mass is 10.1. The predicted molar refractivity (Wildman–Crippen MR) is 64.6 cm³/mol. The molecule has 0 saturated heterocycles.